The maximum Gasteiger partial charge on any atom is 0.301 e. The van der Waals surface area contributed by atoms with Crippen LogP contribution in [0.25, 0.3) is 0 Å². The maximum absolute atomic E-state index is 12.4. The van der Waals surface area contributed by atoms with Crippen molar-refractivity contribution in [2.75, 3.05) is 5.75 Å². The van der Waals surface area contributed by atoms with Gasteiger partial charge < -0.3 is 0 Å². The highest BCUT2D eigenvalue weighted by atomic mass is 35.5. The van der Waals surface area contributed by atoms with Crippen LogP contribution < -0.4 is 0 Å². The van der Waals surface area contributed by atoms with Gasteiger partial charge in [0, 0.05) is 17.9 Å². The van der Waals surface area contributed by atoms with Crippen LogP contribution in [-0.2, 0) is 0 Å². The van der Waals surface area contributed by atoms with Crippen LogP contribution in [0.4, 0.5) is 13.2 Å². The molecule has 0 bridgehead atoms. The fourth-order valence-electron chi connectivity index (χ4n) is 0.895. The third kappa shape index (κ3) is 4.40. The normalized spacial score (nSPS) is 10.3. The third-order valence-electron chi connectivity index (χ3n) is 1.56. The fourth-order valence-corrected chi connectivity index (χ4v) is 2.02. The third-order valence-corrected chi connectivity index (χ3v) is 2.60. The van der Waals surface area contributed by atoms with E-state index in [4.69, 9.17) is 11.6 Å². The summed E-state index contributed by atoms with van der Waals surface area (Å²) in [5.41, 5.74) is 0.676. The maximum atomic E-state index is 12.4. The zero-order chi connectivity index (χ0) is 12.1. The Kier molecular flexibility index (Phi) is 5.08. The second-order valence-electron chi connectivity index (χ2n) is 2.88. The molecule has 0 amide bonds. The Bertz CT molecular complexity index is 387. The zero-order valence-corrected chi connectivity index (χ0v) is 9.88. The Labute approximate surface area is 99.9 Å². The molecule has 0 aliphatic carbocycles. The van der Waals surface area contributed by atoms with E-state index in [1.807, 2.05) is 0 Å². The van der Waals surface area contributed by atoms with Crippen molar-refractivity contribution in [3.8, 4) is 0 Å². The minimum absolute atomic E-state index is 0.142. The van der Waals surface area contributed by atoms with Crippen molar-refractivity contribution in [3.63, 3.8) is 0 Å². The molecule has 0 radical (unpaired) electrons. The number of aryl methyl sites for hydroxylation is 1. The molecule has 2 nitrogen and oxygen atoms in total. The molecule has 0 N–H and O–H groups in total. The van der Waals surface area contributed by atoms with Gasteiger partial charge in [0.25, 0.3) is 0 Å². The van der Waals surface area contributed by atoms with Crippen molar-refractivity contribution in [2.24, 2.45) is 0 Å². The number of aromatic nitrogens is 2. The average molecular weight is 269 g/mol. The van der Waals surface area contributed by atoms with E-state index in [1.54, 1.807) is 13.0 Å². The van der Waals surface area contributed by atoms with Gasteiger partial charge in [0.05, 0.1) is 0 Å². The summed E-state index contributed by atoms with van der Waals surface area (Å²) in [6.45, 7) is 1.74. The zero-order valence-electron chi connectivity index (χ0n) is 8.31. The van der Waals surface area contributed by atoms with Crippen LogP contribution in [0.2, 0.25) is 5.15 Å². The van der Waals surface area contributed by atoms with Crippen LogP contribution in [0.15, 0.2) is 23.1 Å². The van der Waals surface area contributed by atoms with Gasteiger partial charge in [0.1, 0.15) is 5.15 Å². The van der Waals surface area contributed by atoms with Crippen LogP contribution in [0.3, 0.4) is 0 Å². The quantitative estimate of drug-likeness (QED) is 0.469. The predicted molar refractivity (Wildman–Crippen MR) is 57.5 cm³/mol. The topological polar surface area (TPSA) is 25.8 Å². The highest BCUT2D eigenvalue weighted by molar-refractivity contribution is 7.99. The molecule has 7 heteroatoms. The number of halogens is 4. The summed E-state index contributed by atoms with van der Waals surface area (Å²) in [4.78, 5) is 7.88. The van der Waals surface area contributed by atoms with Gasteiger partial charge in [0.2, 0.25) is 0 Å². The van der Waals surface area contributed by atoms with Gasteiger partial charge >= 0.3 is 6.08 Å². The summed E-state index contributed by atoms with van der Waals surface area (Å²) in [5, 5.41) is 0.639. The molecule has 0 saturated heterocycles. The summed E-state index contributed by atoms with van der Waals surface area (Å²) >= 11 is 6.75. The number of rotatable bonds is 4. The first-order chi connectivity index (χ1) is 7.49. The largest absolute Gasteiger partial charge is 0.301 e. The van der Waals surface area contributed by atoms with Crippen molar-refractivity contribution >= 4 is 23.4 Å². The molecule has 0 fully saturated rings. The monoisotopic (exact) mass is 268 g/mol. The first-order valence-corrected chi connectivity index (χ1v) is 5.69. The first kappa shape index (κ1) is 13.3. The molecule has 1 heterocycles. The molecular formula is C9H8ClF3N2S. The lowest BCUT2D eigenvalue weighted by molar-refractivity contribution is 0.373. The lowest BCUT2D eigenvalue weighted by atomic mass is 10.4. The second-order valence-corrected chi connectivity index (χ2v) is 4.33. The van der Waals surface area contributed by atoms with Crippen molar-refractivity contribution in [3.05, 3.63) is 28.8 Å². The summed E-state index contributed by atoms with van der Waals surface area (Å²) in [7, 11) is 0. The molecule has 0 aliphatic heterocycles. The van der Waals surface area contributed by atoms with Gasteiger partial charge in [-0.2, -0.15) is 8.78 Å². The molecule has 1 rings (SSSR count). The SMILES string of the molecule is Cc1cc(Cl)nc(SCCC(F)=C(F)F)n1. The average Bonchev–Trinajstić information content (AvgIpc) is 2.15. The highest BCUT2D eigenvalue weighted by Gasteiger charge is 2.06. The number of nitrogens with zero attached hydrogens (tertiary/aromatic N) is 2. The van der Waals surface area contributed by atoms with Crippen LogP contribution >= 0.6 is 23.4 Å². The van der Waals surface area contributed by atoms with Crippen LogP contribution in [0.5, 0.6) is 0 Å². The molecule has 88 valence electrons. The van der Waals surface area contributed by atoms with E-state index in [0.29, 0.717) is 10.9 Å². The van der Waals surface area contributed by atoms with Gasteiger partial charge in [-0.3, -0.25) is 0 Å². The summed E-state index contributed by atoms with van der Waals surface area (Å²) < 4.78 is 35.9. The number of allylic oxidation sites excluding steroid dienone is 1. The molecule has 0 atom stereocenters. The van der Waals surface area contributed by atoms with Crippen LogP contribution in [0, 0.1) is 6.92 Å². The fraction of sp³-hybridized carbons (Fsp3) is 0.333. The number of hydrogen-bond acceptors (Lipinski definition) is 3. The standard InChI is InChI=1S/C9H8ClF3N2S/c1-5-4-7(10)15-9(14-5)16-3-2-6(11)8(12)13/h4H,2-3H2,1H3. The van der Waals surface area contributed by atoms with E-state index in [2.05, 4.69) is 9.97 Å². The second kappa shape index (κ2) is 6.10. The molecule has 0 aromatic carbocycles. The smallest absolute Gasteiger partial charge is 0.228 e. The molecule has 1 aromatic heterocycles. The van der Waals surface area contributed by atoms with E-state index >= 15 is 0 Å². The summed E-state index contributed by atoms with van der Waals surface area (Å²) in [5.74, 6) is -1.26. The lowest BCUT2D eigenvalue weighted by Gasteiger charge is -2.00. The lowest BCUT2D eigenvalue weighted by Crippen LogP contribution is -1.92. The molecule has 0 saturated carbocycles. The van der Waals surface area contributed by atoms with Gasteiger partial charge in [-0.1, -0.05) is 23.4 Å². The Morgan fingerprint density at radius 2 is 2.06 bits per heavy atom. The highest BCUT2D eigenvalue weighted by Crippen LogP contribution is 2.21. The number of thioether (sulfide) groups is 1. The molecule has 0 aliphatic rings. The first-order valence-electron chi connectivity index (χ1n) is 4.32. The van der Waals surface area contributed by atoms with E-state index in [1.165, 1.54) is 0 Å². The molecule has 1 aromatic rings. The molecule has 16 heavy (non-hydrogen) atoms. The van der Waals surface area contributed by atoms with Crippen LogP contribution in [0.1, 0.15) is 12.1 Å². The van der Waals surface area contributed by atoms with Crippen LogP contribution in [-0.4, -0.2) is 15.7 Å². The Morgan fingerprint density at radius 1 is 1.38 bits per heavy atom. The predicted octanol–water partition coefficient (Wildman–Crippen LogP) is 4.00. The van der Waals surface area contributed by atoms with E-state index in [-0.39, 0.29) is 17.3 Å². The van der Waals surface area contributed by atoms with E-state index in [9.17, 15) is 13.2 Å². The van der Waals surface area contributed by atoms with Gasteiger partial charge in [-0.25, -0.2) is 14.4 Å². The molecular weight excluding hydrogens is 261 g/mol. The van der Waals surface area contributed by atoms with Crippen molar-refractivity contribution in [1.29, 1.82) is 0 Å². The van der Waals surface area contributed by atoms with E-state index < -0.39 is 11.9 Å². The van der Waals surface area contributed by atoms with Crippen molar-refractivity contribution in [1.82, 2.24) is 9.97 Å². The minimum Gasteiger partial charge on any atom is -0.228 e. The Hall–Kier alpha value is -0.750. The van der Waals surface area contributed by atoms with Crippen molar-refractivity contribution < 1.29 is 13.2 Å². The molecule has 0 unspecified atom stereocenters. The molecule has 0 spiro atoms. The van der Waals surface area contributed by atoms with Gasteiger partial charge in [0.15, 0.2) is 11.0 Å². The van der Waals surface area contributed by atoms with Gasteiger partial charge in [-0.15, -0.1) is 0 Å². The van der Waals surface area contributed by atoms with Gasteiger partial charge in [-0.05, 0) is 13.0 Å². The Morgan fingerprint density at radius 3 is 2.62 bits per heavy atom. The summed E-state index contributed by atoms with van der Waals surface area (Å²) in [6, 6.07) is 1.58. The minimum atomic E-state index is -2.27. The number of hydrogen-bond donors (Lipinski definition) is 0. The Balaban J connectivity index is 2.52. The summed E-state index contributed by atoms with van der Waals surface area (Å²) in [6.07, 6.45) is -2.62. The van der Waals surface area contributed by atoms with Crippen molar-refractivity contribution in [2.45, 2.75) is 18.5 Å². The van der Waals surface area contributed by atoms with E-state index in [0.717, 1.165) is 11.8 Å².